The van der Waals surface area contributed by atoms with Crippen LogP contribution in [0.25, 0.3) is 0 Å². The predicted molar refractivity (Wildman–Crippen MR) is 72.5 cm³/mol. The summed E-state index contributed by atoms with van der Waals surface area (Å²) >= 11 is 11.1. The molecule has 0 spiro atoms. The van der Waals surface area contributed by atoms with Crippen LogP contribution >= 0.6 is 23.2 Å². The van der Waals surface area contributed by atoms with Gasteiger partial charge in [0.2, 0.25) is 5.78 Å². The summed E-state index contributed by atoms with van der Waals surface area (Å²) < 4.78 is 0. The Kier molecular flexibility index (Phi) is 3.87. The molecular weight excluding hydrogens is 307 g/mol. The normalized spacial score (nSPS) is 10.3. The second kappa shape index (κ2) is 5.44. The highest BCUT2D eigenvalue weighted by Crippen LogP contribution is 2.24. The molecule has 20 heavy (non-hydrogen) atoms. The molecule has 2 rings (SSSR count). The van der Waals surface area contributed by atoms with Crippen molar-refractivity contribution in [2.45, 2.75) is 0 Å². The number of hydrogen-bond acceptors (Lipinski definition) is 4. The quantitative estimate of drug-likeness (QED) is 0.406. The Bertz CT molecular complexity index is 724. The topological polar surface area (TPSA) is 93.1 Å². The molecule has 1 N–H and O–H groups in total. The van der Waals surface area contributed by atoms with E-state index in [9.17, 15) is 19.7 Å². The predicted octanol–water partition coefficient (Wildman–Crippen LogP) is 3.19. The molecule has 0 unspecified atom stereocenters. The highest BCUT2D eigenvalue weighted by molar-refractivity contribution is 6.67. The fourth-order valence-corrected chi connectivity index (χ4v) is 1.90. The molecule has 1 aromatic carbocycles. The molecule has 0 aliphatic rings. The van der Waals surface area contributed by atoms with Crippen LogP contribution in [0.3, 0.4) is 0 Å². The van der Waals surface area contributed by atoms with Gasteiger partial charge in [0, 0.05) is 17.7 Å². The Labute approximate surface area is 122 Å². The third-order valence-electron chi connectivity index (χ3n) is 2.55. The second-order valence-corrected chi connectivity index (χ2v) is 4.56. The van der Waals surface area contributed by atoms with Gasteiger partial charge in [-0.25, -0.2) is 0 Å². The first-order valence-corrected chi connectivity index (χ1v) is 6.03. The van der Waals surface area contributed by atoms with Crippen molar-refractivity contribution in [2.24, 2.45) is 0 Å². The van der Waals surface area contributed by atoms with Gasteiger partial charge in [0.05, 0.1) is 21.3 Å². The van der Waals surface area contributed by atoms with Crippen molar-refractivity contribution in [3.05, 3.63) is 62.4 Å². The summed E-state index contributed by atoms with van der Waals surface area (Å²) in [6.45, 7) is 0. The Morgan fingerprint density at radius 2 is 1.80 bits per heavy atom. The van der Waals surface area contributed by atoms with E-state index in [0.29, 0.717) is 0 Å². The molecule has 0 amide bonds. The highest BCUT2D eigenvalue weighted by atomic mass is 35.5. The standard InChI is InChI=1S/C12H6Cl2N2O4/c13-8-2-1-6(16(19)20)5-7(8)11(17)9-3-4-10(15-9)12(14)18/h1-5,15H. The largest absolute Gasteiger partial charge is 0.348 e. The molecule has 0 aliphatic carbocycles. The summed E-state index contributed by atoms with van der Waals surface area (Å²) in [5.74, 6) is -0.567. The van der Waals surface area contributed by atoms with E-state index >= 15 is 0 Å². The number of rotatable bonds is 4. The molecule has 0 fully saturated rings. The fraction of sp³-hybridized carbons (Fsp3) is 0. The van der Waals surface area contributed by atoms with Crippen molar-refractivity contribution < 1.29 is 14.5 Å². The minimum absolute atomic E-state index is 0.0312. The van der Waals surface area contributed by atoms with Gasteiger partial charge in [0.15, 0.2) is 0 Å². The average molecular weight is 313 g/mol. The van der Waals surface area contributed by atoms with Gasteiger partial charge in [-0.05, 0) is 29.8 Å². The van der Waals surface area contributed by atoms with Crippen LogP contribution < -0.4 is 0 Å². The van der Waals surface area contributed by atoms with Gasteiger partial charge >= 0.3 is 0 Å². The monoisotopic (exact) mass is 312 g/mol. The van der Waals surface area contributed by atoms with Gasteiger partial charge in [-0.1, -0.05) is 11.6 Å². The molecule has 102 valence electrons. The molecule has 0 aliphatic heterocycles. The maximum absolute atomic E-state index is 12.2. The third-order valence-corrected chi connectivity index (χ3v) is 3.08. The van der Waals surface area contributed by atoms with E-state index in [1.54, 1.807) is 0 Å². The summed E-state index contributed by atoms with van der Waals surface area (Å²) in [5, 5.41) is 10.0. The van der Waals surface area contributed by atoms with Crippen molar-refractivity contribution >= 4 is 39.9 Å². The lowest BCUT2D eigenvalue weighted by atomic mass is 10.1. The first kappa shape index (κ1) is 14.2. The maximum atomic E-state index is 12.2. The summed E-state index contributed by atoms with van der Waals surface area (Å²) in [4.78, 5) is 35.7. The number of nitro benzene ring substituents is 1. The van der Waals surface area contributed by atoms with Gasteiger partial charge in [-0.15, -0.1) is 0 Å². The van der Waals surface area contributed by atoms with Gasteiger partial charge in [-0.2, -0.15) is 0 Å². The lowest BCUT2D eigenvalue weighted by molar-refractivity contribution is -0.384. The van der Waals surface area contributed by atoms with Crippen LogP contribution in [0.5, 0.6) is 0 Å². The number of benzene rings is 1. The summed E-state index contributed by atoms with van der Waals surface area (Å²) in [6, 6.07) is 6.24. The molecule has 8 heteroatoms. The Balaban J connectivity index is 2.44. The third kappa shape index (κ3) is 2.71. The molecule has 0 atom stereocenters. The first-order chi connectivity index (χ1) is 9.40. The van der Waals surface area contributed by atoms with Crippen LogP contribution in [0, 0.1) is 10.1 Å². The number of non-ortho nitro benzene ring substituents is 1. The van der Waals surface area contributed by atoms with E-state index in [2.05, 4.69) is 4.98 Å². The van der Waals surface area contributed by atoms with E-state index in [1.165, 1.54) is 24.3 Å². The van der Waals surface area contributed by atoms with Crippen molar-refractivity contribution in [1.29, 1.82) is 0 Å². The summed E-state index contributed by atoms with van der Waals surface area (Å²) in [6.07, 6.45) is 0. The number of hydrogen-bond donors (Lipinski definition) is 1. The van der Waals surface area contributed by atoms with E-state index in [4.69, 9.17) is 23.2 Å². The molecule has 2 aromatic rings. The van der Waals surface area contributed by atoms with Crippen LogP contribution in [-0.4, -0.2) is 20.9 Å². The highest BCUT2D eigenvalue weighted by Gasteiger charge is 2.19. The lowest BCUT2D eigenvalue weighted by Crippen LogP contribution is -2.04. The molecule has 0 saturated heterocycles. The zero-order valence-electron chi connectivity index (χ0n) is 9.72. The molecule has 1 heterocycles. The smallest absolute Gasteiger partial charge is 0.270 e. The van der Waals surface area contributed by atoms with Crippen molar-refractivity contribution in [1.82, 2.24) is 4.98 Å². The van der Waals surface area contributed by atoms with Crippen molar-refractivity contribution in [3.63, 3.8) is 0 Å². The van der Waals surface area contributed by atoms with Gasteiger partial charge in [0.1, 0.15) is 0 Å². The molecular formula is C12H6Cl2N2O4. The number of carbonyl (C=O) groups is 2. The SMILES string of the molecule is O=C(Cl)c1ccc(C(=O)c2cc([N+](=O)[O-])ccc2Cl)[nH]1. The Morgan fingerprint density at radius 3 is 2.35 bits per heavy atom. The summed E-state index contributed by atoms with van der Waals surface area (Å²) in [7, 11) is 0. The summed E-state index contributed by atoms with van der Waals surface area (Å²) in [5.41, 5.74) is -0.165. The van der Waals surface area contributed by atoms with Crippen LogP contribution in [-0.2, 0) is 0 Å². The lowest BCUT2D eigenvalue weighted by Gasteiger charge is -2.02. The first-order valence-electron chi connectivity index (χ1n) is 5.27. The van der Waals surface area contributed by atoms with Crippen LogP contribution in [0.15, 0.2) is 30.3 Å². The zero-order valence-corrected chi connectivity index (χ0v) is 11.2. The Morgan fingerprint density at radius 1 is 1.15 bits per heavy atom. The minimum Gasteiger partial charge on any atom is -0.348 e. The second-order valence-electron chi connectivity index (χ2n) is 3.81. The van der Waals surface area contributed by atoms with Gasteiger partial charge < -0.3 is 4.98 Å². The number of aromatic amines is 1. The molecule has 1 aromatic heterocycles. The fourth-order valence-electron chi connectivity index (χ4n) is 1.59. The molecule has 0 saturated carbocycles. The van der Waals surface area contributed by atoms with Crippen LogP contribution in [0.2, 0.25) is 5.02 Å². The molecule has 0 bridgehead atoms. The van der Waals surface area contributed by atoms with Crippen LogP contribution in [0.1, 0.15) is 26.5 Å². The maximum Gasteiger partial charge on any atom is 0.270 e. The van der Waals surface area contributed by atoms with Gasteiger partial charge in [0.25, 0.3) is 10.9 Å². The number of nitro groups is 1. The van der Waals surface area contributed by atoms with Crippen LogP contribution in [0.4, 0.5) is 5.69 Å². The Hall–Kier alpha value is -2.18. The number of halogens is 2. The minimum atomic E-state index is -0.741. The number of H-pyrrole nitrogens is 1. The van der Waals surface area contributed by atoms with Crippen molar-refractivity contribution in [2.75, 3.05) is 0 Å². The number of carbonyl (C=O) groups excluding carboxylic acids is 2. The molecule has 6 nitrogen and oxygen atoms in total. The van der Waals surface area contributed by atoms with Crippen molar-refractivity contribution in [3.8, 4) is 0 Å². The number of nitrogens with one attached hydrogen (secondary N) is 1. The van der Waals surface area contributed by atoms with E-state index < -0.39 is 15.9 Å². The number of ketones is 1. The van der Waals surface area contributed by atoms with E-state index in [-0.39, 0.29) is 27.7 Å². The van der Waals surface area contributed by atoms with Gasteiger partial charge in [-0.3, -0.25) is 19.7 Å². The number of aromatic nitrogens is 1. The van der Waals surface area contributed by atoms with E-state index in [0.717, 1.165) is 6.07 Å². The molecule has 0 radical (unpaired) electrons. The average Bonchev–Trinajstić information content (AvgIpc) is 2.88. The zero-order chi connectivity index (χ0) is 14.9. The van der Waals surface area contributed by atoms with E-state index in [1.807, 2.05) is 0 Å². The number of nitrogens with zero attached hydrogens (tertiary/aromatic N) is 1.